The predicted octanol–water partition coefficient (Wildman–Crippen LogP) is 5.01. The number of halogens is 6. The average molecular weight is 566 g/mol. The molecule has 7 nitrogen and oxygen atoms in total. The van der Waals surface area contributed by atoms with E-state index >= 15 is 0 Å². The standard InChI is InChI=1S/C27H25F6N5O2/c28-26(29,30)17-40-9-8-24-15-38(23-3-1-2-21(10-23)27(31,32)33)25(39)16-37(24)14-22-13-36(18-35-22)12-20-6-4-19(11-34)5-7-20/h1-7,10,13,18,24H,8-9,12,14-17H2. The minimum atomic E-state index is -4.59. The van der Waals surface area contributed by atoms with Gasteiger partial charge in [0.1, 0.15) is 6.61 Å². The van der Waals surface area contributed by atoms with Gasteiger partial charge in [0, 0.05) is 44.2 Å². The lowest BCUT2D eigenvalue weighted by Crippen LogP contribution is -2.56. The molecule has 3 aromatic rings. The first-order valence-electron chi connectivity index (χ1n) is 12.3. The molecule has 13 heteroatoms. The van der Waals surface area contributed by atoms with E-state index in [2.05, 4.69) is 11.1 Å². The molecule has 1 aromatic heterocycles. The zero-order valence-electron chi connectivity index (χ0n) is 21.1. The van der Waals surface area contributed by atoms with E-state index in [4.69, 9.17) is 10.00 Å². The highest BCUT2D eigenvalue weighted by Crippen LogP contribution is 2.33. The van der Waals surface area contributed by atoms with Crippen LogP contribution < -0.4 is 4.90 Å². The van der Waals surface area contributed by atoms with Crippen molar-refractivity contribution >= 4 is 11.6 Å². The third kappa shape index (κ3) is 7.83. The molecule has 1 aliphatic heterocycles. The lowest BCUT2D eigenvalue weighted by molar-refractivity contribution is -0.174. The van der Waals surface area contributed by atoms with Crippen molar-refractivity contribution in [3.05, 3.63) is 83.4 Å². The van der Waals surface area contributed by atoms with Gasteiger partial charge in [-0.3, -0.25) is 9.69 Å². The maximum Gasteiger partial charge on any atom is 0.416 e. The van der Waals surface area contributed by atoms with E-state index in [-0.39, 0.29) is 38.3 Å². The second-order valence-corrected chi connectivity index (χ2v) is 9.41. The molecule has 0 N–H and O–H groups in total. The molecule has 1 unspecified atom stereocenters. The van der Waals surface area contributed by atoms with E-state index in [1.807, 2.05) is 16.7 Å². The molecule has 1 aliphatic rings. The first kappa shape index (κ1) is 29.1. The van der Waals surface area contributed by atoms with E-state index in [0.29, 0.717) is 17.8 Å². The molecule has 1 saturated heterocycles. The highest BCUT2D eigenvalue weighted by Gasteiger charge is 2.36. The van der Waals surface area contributed by atoms with Crippen LogP contribution in [0.5, 0.6) is 0 Å². The molecule has 40 heavy (non-hydrogen) atoms. The summed E-state index contributed by atoms with van der Waals surface area (Å²) in [5.41, 5.74) is 1.24. The average Bonchev–Trinajstić information content (AvgIpc) is 3.33. The largest absolute Gasteiger partial charge is 0.416 e. The van der Waals surface area contributed by atoms with Crippen LogP contribution in [-0.2, 0) is 28.8 Å². The monoisotopic (exact) mass is 565 g/mol. The Morgan fingerprint density at radius 3 is 2.48 bits per heavy atom. The van der Waals surface area contributed by atoms with Crippen molar-refractivity contribution in [2.24, 2.45) is 0 Å². The molecule has 4 rings (SSSR count). The number of hydrogen-bond acceptors (Lipinski definition) is 5. The van der Waals surface area contributed by atoms with E-state index < -0.39 is 36.5 Å². The maximum absolute atomic E-state index is 13.2. The van der Waals surface area contributed by atoms with Gasteiger partial charge in [0.05, 0.1) is 35.8 Å². The third-order valence-corrected chi connectivity index (χ3v) is 6.40. The smallest absolute Gasteiger partial charge is 0.372 e. The van der Waals surface area contributed by atoms with Gasteiger partial charge in [-0.1, -0.05) is 18.2 Å². The number of anilines is 1. The summed E-state index contributed by atoms with van der Waals surface area (Å²) < 4.78 is 84.0. The molecule has 0 aliphatic carbocycles. The van der Waals surface area contributed by atoms with Gasteiger partial charge < -0.3 is 14.2 Å². The van der Waals surface area contributed by atoms with Gasteiger partial charge in [0.15, 0.2) is 0 Å². The topological polar surface area (TPSA) is 74.4 Å². The number of hydrogen-bond donors (Lipinski definition) is 0. The molecule has 0 saturated carbocycles. The van der Waals surface area contributed by atoms with Crippen molar-refractivity contribution in [1.29, 1.82) is 5.26 Å². The highest BCUT2D eigenvalue weighted by molar-refractivity contribution is 5.95. The van der Waals surface area contributed by atoms with Gasteiger partial charge in [-0.15, -0.1) is 0 Å². The molecule has 0 radical (unpaired) electrons. The van der Waals surface area contributed by atoms with Gasteiger partial charge in [-0.05, 0) is 42.3 Å². The SMILES string of the molecule is N#Cc1ccc(Cn2cnc(CN3CC(=O)N(c4cccc(C(F)(F)F)c4)CC3CCOCC(F)(F)F)c2)cc1. The summed E-state index contributed by atoms with van der Waals surface area (Å²) in [6, 6.07) is 13.0. The van der Waals surface area contributed by atoms with E-state index in [0.717, 1.165) is 17.7 Å². The fraction of sp³-hybridized carbons (Fsp3) is 0.370. The molecule has 0 spiro atoms. The number of ether oxygens (including phenoxy) is 1. The zero-order chi connectivity index (χ0) is 28.9. The quantitative estimate of drug-likeness (QED) is 0.270. The Kier molecular flexibility index (Phi) is 8.80. The summed E-state index contributed by atoms with van der Waals surface area (Å²) in [5.74, 6) is -0.441. The van der Waals surface area contributed by atoms with Crippen molar-refractivity contribution in [1.82, 2.24) is 14.5 Å². The lowest BCUT2D eigenvalue weighted by Gasteiger charge is -2.41. The third-order valence-electron chi connectivity index (χ3n) is 6.40. The van der Waals surface area contributed by atoms with Gasteiger partial charge in [-0.2, -0.15) is 31.6 Å². The minimum Gasteiger partial charge on any atom is -0.372 e. The van der Waals surface area contributed by atoms with Gasteiger partial charge in [-0.25, -0.2) is 4.98 Å². The Balaban J connectivity index is 1.48. The number of nitrogens with zero attached hydrogens (tertiary/aromatic N) is 5. The number of alkyl halides is 6. The second kappa shape index (κ2) is 12.1. The molecule has 212 valence electrons. The van der Waals surface area contributed by atoms with Crippen molar-refractivity contribution in [2.75, 3.05) is 31.2 Å². The number of piperazine rings is 1. The Morgan fingerprint density at radius 1 is 1.05 bits per heavy atom. The first-order valence-corrected chi connectivity index (χ1v) is 12.3. The Hall–Kier alpha value is -3.89. The Labute approximate surface area is 226 Å². The van der Waals surface area contributed by atoms with Crippen molar-refractivity contribution in [3.8, 4) is 6.07 Å². The first-order chi connectivity index (χ1) is 18.9. The van der Waals surface area contributed by atoms with E-state index in [1.165, 1.54) is 17.0 Å². The van der Waals surface area contributed by atoms with Crippen LogP contribution in [0, 0.1) is 11.3 Å². The van der Waals surface area contributed by atoms with E-state index in [1.54, 1.807) is 29.6 Å². The number of rotatable bonds is 9. The predicted molar refractivity (Wildman–Crippen MR) is 132 cm³/mol. The molecule has 1 amide bonds. The summed E-state index contributed by atoms with van der Waals surface area (Å²) in [6.07, 6.45) is -5.59. The van der Waals surface area contributed by atoms with Gasteiger partial charge >= 0.3 is 12.4 Å². The normalized spacial score (nSPS) is 16.8. The number of aromatic nitrogens is 2. The van der Waals surface area contributed by atoms with Crippen LogP contribution in [0.4, 0.5) is 32.0 Å². The number of imidazole rings is 1. The Morgan fingerprint density at radius 2 is 1.80 bits per heavy atom. The van der Waals surface area contributed by atoms with Crippen LogP contribution in [0.3, 0.4) is 0 Å². The van der Waals surface area contributed by atoms with Crippen molar-refractivity contribution in [3.63, 3.8) is 0 Å². The van der Waals surface area contributed by atoms with Crippen LogP contribution in [0.25, 0.3) is 0 Å². The fourth-order valence-electron chi connectivity index (χ4n) is 4.46. The van der Waals surface area contributed by atoms with E-state index in [9.17, 15) is 31.1 Å². The zero-order valence-corrected chi connectivity index (χ0v) is 21.1. The van der Waals surface area contributed by atoms with Crippen LogP contribution in [0.15, 0.2) is 61.1 Å². The molecule has 2 aromatic carbocycles. The fourth-order valence-corrected chi connectivity index (χ4v) is 4.46. The van der Waals surface area contributed by atoms with Gasteiger partial charge in [0.25, 0.3) is 0 Å². The summed E-state index contributed by atoms with van der Waals surface area (Å²) in [7, 11) is 0. The molecule has 0 bridgehead atoms. The number of carbonyl (C=O) groups excluding carboxylic acids is 1. The van der Waals surface area contributed by atoms with Crippen LogP contribution >= 0.6 is 0 Å². The number of benzene rings is 2. The molecule has 1 fully saturated rings. The minimum absolute atomic E-state index is 0.0263. The maximum atomic E-state index is 13.2. The molecule has 1 atom stereocenters. The highest BCUT2D eigenvalue weighted by atomic mass is 19.4. The molecule has 2 heterocycles. The van der Waals surface area contributed by atoms with Crippen LogP contribution in [0.1, 0.15) is 28.8 Å². The Bertz CT molecular complexity index is 1350. The second-order valence-electron chi connectivity index (χ2n) is 9.41. The number of amides is 1. The van der Waals surface area contributed by atoms with Gasteiger partial charge in [0.2, 0.25) is 5.91 Å². The summed E-state index contributed by atoms with van der Waals surface area (Å²) in [4.78, 5) is 20.4. The summed E-state index contributed by atoms with van der Waals surface area (Å²) >= 11 is 0. The number of nitriles is 1. The van der Waals surface area contributed by atoms with Crippen LogP contribution in [0.2, 0.25) is 0 Å². The summed E-state index contributed by atoms with van der Waals surface area (Å²) in [5, 5.41) is 8.95. The summed E-state index contributed by atoms with van der Waals surface area (Å²) in [6.45, 7) is -1.18. The lowest BCUT2D eigenvalue weighted by atomic mass is 10.1. The number of carbonyl (C=O) groups is 1. The van der Waals surface area contributed by atoms with Crippen molar-refractivity contribution in [2.45, 2.75) is 37.9 Å². The molecular formula is C27H25F6N5O2. The molecular weight excluding hydrogens is 540 g/mol. The van der Waals surface area contributed by atoms with Crippen molar-refractivity contribution < 1.29 is 35.9 Å². The van der Waals surface area contributed by atoms with Crippen LogP contribution in [-0.4, -0.2) is 58.9 Å².